The topological polar surface area (TPSA) is 51.9 Å². The van der Waals surface area contributed by atoms with Crippen LogP contribution in [0, 0.1) is 20.8 Å². The number of aryl methyl sites for hydroxylation is 4. The van der Waals surface area contributed by atoms with Gasteiger partial charge in [0.05, 0.1) is 11.7 Å². The lowest BCUT2D eigenvalue weighted by atomic mass is 10.1. The highest BCUT2D eigenvalue weighted by atomic mass is 16.1. The van der Waals surface area contributed by atoms with Crippen molar-refractivity contribution in [2.24, 2.45) is 0 Å². The SMILES string of the molecule is CCn1nc(C)c(C(C)NC(=O)CCn2c(C)cc3ccccc32)c1C. The van der Waals surface area contributed by atoms with E-state index in [1.54, 1.807) is 0 Å². The number of nitrogens with one attached hydrogen (secondary N) is 1. The van der Waals surface area contributed by atoms with Crippen molar-refractivity contribution in [1.29, 1.82) is 0 Å². The van der Waals surface area contributed by atoms with Gasteiger partial charge in [0.2, 0.25) is 5.91 Å². The van der Waals surface area contributed by atoms with Gasteiger partial charge in [-0.3, -0.25) is 9.48 Å². The lowest BCUT2D eigenvalue weighted by Gasteiger charge is -2.16. The highest BCUT2D eigenvalue weighted by Gasteiger charge is 2.19. The Morgan fingerprint density at radius 1 is 1.23 bits per heavy atom. The van der Waals surface area contributed by atoms with Crippen LogP contribution < -0.4 is 5.32 Å². The number of hydrogen-bond donors (Lipinski definition) is 1. The zero-order valence-electron chi connectivity index (χ0n) is 16.3. The highest BCUT2D eigenvalue weighted by molar-refractivity contribution is 5.82. The fourth-order valence-corrected chi connectivity index (χ4v) is 3.89. The second-order valence-corrected chi connectivity index (χ2v) is 6.94. The third-order valence-corrected chi connectivity index (χ3v) is 5.13. The minimum absolute atomic E-state index is 0.0368. The molecule has 1 atom stereocenters. The van der Waals surface area contributed by atoms with Gasteiger partial charge in [-0.2, -0.15) is 5.10 Å². The van der Waals surface area contributed by atoms with Crippen molar-refractivity contribution in [3.8, 4) is 0 Å². The number of benzene rings is 1. The number of amides is 1. The summed E-state index contributed by atoms with van der Waals surface area (Å²) in [5, 5.41) is 8.91. The van der Waals surface area contributed by atoms with Crippen LogP contribution in [0.3, 0.4) is 0 Å². The number of aromatic nitrogens is 3. The van der Waals surface area contributed by atoms with Gasteiger partial charge in [0.25, 0.3) is 0 Å². The van der Waals surface area contributed by atoms with Gasteiger partial charge in [0.1, 0.15) is 0 Å². The van der Waals surface area contributed by atoms with Crippen LogP contribution in [0.15, 0.2) is 30.3 Å². The molecule has 1 amide bonds. The first-order valence-electron chi connectivity index (χ1n) is 9.30. The van der Waals surface area contributed by atoms with Crippen LogP contribution in [-0.4, -0.2) is 20.3 Å². The number of fused-ring (bicyclic) bond motifs is 1. The van der Waals surface area contributed by atoms with E-state index in [2.05, 4.69) is 54.0 Å². The van der Waals surface area contributed by atoms with Gasteiger partial charge in [-0.05, 0) is 52.1 Å². The minimum atomic E-state index is -0.0368. The van der Waals surface area contributed by atoms with E-state index in [1.165, 1.54) is 16.6 Å². The van der Waals surface area contributed by atoms with E-state index in [0.717, 1.165) is 23.5 Å². The number of carbonyl (C=O) groups is 1. The molecule has 5 nitrogen and oxygen atoms in total. The molecule has 0 aliphatic rings. The van der Waals surface area contributed by atoms with Crippen LogP contribution in [0.5, 0.6) is 0 Å². The molecule has 0 saturated carbocycles. The van der Waals surface area contributed by atoms with E-state index in [4.69, 9.17) is 0 Å². The fraction of sp³-hybridized carbons (Fsp3) is 0.429. The number of rotatable bonds is 6. The van der Waals surface area contributed by atoms with Crippen LogP contribution in [0.25, 0.3) is 10.9 Å². The second-order valence-electron chi connectivity index (χ2n) is 6.94. The molecule has 1 N–H and O–H groups in total. The summed E-state index contributed by atoms with van der Waals surface area (Å²) >= 11 is 0. The Morgan fingerprint density at radius 3 is 2.65 bits per heavy atom. The minimum Gasteiger partial charge on any atom is -0.349 e. The third-order valence-electron chi connectivity index (χ3n) is 5.13. The summed E-state index contributed by atoms with van der Waals surface area (Å²) in [7, 11) is 0. The molecule has 0 fully saturated rings. The summed E-state index contributed by atoms with van der Waals surface area (Å²) in [6.07, 6.45) is 0.462. The number of carbonyl (C=O) groups excluding carboxylic acids is 1. The van der Waals surface area contributed by atoms with Crippen molar-refractivity contribution in [1.82, 2.24) is 19.7 Å². The van der Waals surface area contributed by atoms with E-state index >= 15 is 0 Å². The van der Waals surface area contributed by atoms with Crippen LogP contribution in [0.1, 0.15) is 49.0 Å². The molecule has 3 rings (SSSR count). The molecule has 1 unspecified atom stereocenters. The third kappa shape index (κ3) is 3.39. The first-order valence-corrected chi connectivity index (χ1v) is 9.30. The Balaban J connectivity index is 1.67. The first-order chi connectivity index (χ1) is 12.4. The van der Waals surface area contributed by atoms with Crippen molar-refractivity contribution in [2.45, 2.75) is 60.2 Å². The Hall–Kier alpha value is -2.56. The second kappa shape index (κ2) is 7.36. The molecule has 2 heterocycles. The van der Waals surface area contributed by atoms with E-state index in [0.29, 0.717) is 13.0 Å². The lowest BCUT2D eigenvalue weighted by Crippen LogP contribution is -2.28. The predicted molar refractivity (Wildman–Crippen MR) is 105 cm³/mol. The Labute approximate surface area is 155 Å². The summed E-state index contributed by atoms with van der Waals surface area (Å²) < 4.78 is 4.20. The molecule has 0 spiro atoms. The van der Waals surface area contributed by atoms with Crippen molar-refractivity contribution in [2.75, 3.05) is 0 Å². The summed E-state index contributed by atoms with van der Waals surface area (Å²) in [6.45, 7) is 11.8. The Morgan fingerprint density at radius 2 is 1.96 bits per heavy atom. The molecule has 3 aromatic rings. The smallest absolute Gasteiger partial charge is 0.222 e. The molecule has 26 heavy (non-hydrogen) atoms. The highest BCUT2D eigenvalue weighted by Crippen LogP contribution is 2.22. The molecule has 0 aliphatic heterocycles. The molecule has 0 aliphatic carbocycles. The molecular weight excluding hydrogens is 324 g/mol. The van der Waals surface area contributed by atoms with Crippen molar-refractivity contribution in [3.05, 3.63) is 53.0 Å². The first kappa shape index (κ1) is 18.2. The molecule has 2 aromatic heterocycles. The lowest BCUT2D eigenvalue weighted by molar-refractivity contribution is -0.121. The zero-order chi connectivity index (χ0) is 18.8. The van der Waals surface area contributed by atoms with Crippen LogP contribution in [-0.2, 0) is 17.9 Å². The van der Waals surface area contributed by atoms with Crippen LogP contribution >= 0.6 is 0 Å². The van der Waals surface area contributed by atoms with E-state index < -0.39 is 0 Å². The summed E-state index contributed by atoms with van der Waals surface area (Å²) in [5.74, 6) is 0.0673. The molecule has 138 valence electrons. The molecule has 0 saturated heterocycles. The predicted octanol–water partition coefficient (Wildman–Crippen LogP) is 4.05. The van der Waals surface area contributed by atoms with Gasteiger partial charge in [0, 0.05) is 42.0 Å². The Kier molecular flexibility index (Phi) is 5.16. The summed E-state index contributed by atoms with van der Waals surface area (Å²) in [5.41, 5.74) is 5.61. The average Bonchev–Trinajstić information content (AvgIpc) is 3.08. The van der Waals surface area contributed by atoms with Crippen molar-refractivity contribution < 1.29 is 4.79 Å². The fourth-order valence-electron chi connectivity index (χ4n) is 3.89. The van der Waals surface area contributed by atoms with Crippen molar-refractivity contribution >= 4 is 16.8 Å². The molecule has 5 heteroatoms. The van der Waals surface area contributed by atoms with Gasteiger partial charge < -0.3 is 9.88 Å². The van der Waals surface area contributed by atoms with Gasteiger partial charge in [0.15, 0.2) is 0 Å². The van der Waals surface area contributed by atoms with Gasteiger partial charge in [-0.15, -0.1) is 0 Å². The quantitative estimate of drug-likeness (QED) is 0.727. The molecule has 1 aromatic carbocycles. The monoisotopic (exact) mass is 352 g/mol. The van der Waals surface area contributed by atoms with E-state index in [9.17, 15) is 4.79 Å². The largest absolute Gasteiger partial charge is 0.349 e. The number of hydrogen-bond acceptors (Lipinski definition) is 2. The average molecular weight is 352 g/mol. The van der Waals surface area contributed by atoms with Gasteiger partial charge in [-0.25, -0.2) is 0 Å². The number of nitrogens with zero attached hydrogens (tertiary/aromatic N) is 3. The van der Waals surface area contributed by atoms with Crippen LogP contribution in [0.2, 0.25) is 0 Å². The van der Waals surface area contributed by atoms with Crippen LogP contribution in [0.4, 0.5) is 0 Å². The number of para-hydroxylation sites is 1. The van der Waals surface area contributed by atoms with Crippen molar-refractivity contribution in [3.63, 3.8) is 0 Å². The Bertz CT molecular complexity index is 935. The maximum atomic E-state index is 12.5. The summed E-state index contributed by atoms with van der Waals surface area (Å²) in [4.78, 5) is 12.5. The molecule has 0 radical (unpaired) electrons. The van der Waals surface area contributed by atoms with E-state index in [1.807, 2.05) is 30.7 Å². The van der Waals surface area contributed by atoms with Gasteiger partial charge in [-0.1, -0.05) is 18.2 Å². The maximum Gasteiger partial charge on any atom is 0.222 e. The summed E-state index contributed by atoms with van der Waals surface area (Å²) in [6, 6.07) is 10.4. The molecule has 0 bridgehead atoms. The standard InChI is InChI=1S/C21H28N4O/c1-6-25-17(5)21(16(4)23-25)15(3)22-20(26)11-12-24-14(2)13-18-9-7-8-10-19(18)24/h7-10,13,15H,6,11-12H2,1-5H3,(H,22,26). The normalized spacial score (nSPS) is 12.5. The zero-order valence-corrected chi connectivity index (χ0v) is 16.3. The van der Waals surface area contributed by atoms with E-state index in [-0.39, 0.29) is 11.9 Å². The maximum absolute atomic E-state index is 12.5. The van der Waals surface area contributed by atoms with Gasteiger partial charge >= 0.3 is 0 Å². The molecular formula is C21H28N4O.